The van der Waals surface area contributed by atoms with Crippen molar-refractivity contribution in [3.8, 4) is 0 Å². The smallest absolute Gasteiger partial charge is 0.0534 e. The van der Waals surface area contributed by atoms with Crippen LogP contribution in [0.2, 0.25) is 0 Å². The summed E-state index contributed by atoms with van der Waals surface area (Å²) in [4.78, 5) is 2.48. The van der Waals surface area contributed by atoms with Crippen LogP contribution in [0.3, 0.4) is 0 Å². The fraction of sp³-hybridized carbons (Fsp3) is 0.750. The first-order valence-corrected chi connectivity index (χ1v) is 6.25. The zero-order valence-corrected chi connectivity index (χ0v) is 10.1. The standard InChI is InChI=1S/C12H22N4/c1-2-4-16-10-12(7-14-16)9-15-5-3-11(6-13)8-15/h7,10-11H,2-6,8-9,13H2,1H3. The fourth-order valence-corrected chi connectivity index (χ4v) is 2.35. The Morgan fingerprint density at radius 2 is 2.44 bits per heavy atom. The summed E-state index contributed by atoms with van der Waals surface area (Å²) < 4.78 is 2.03. The summed E-state index contributed by atoms with van der Waals surface area (Å²) >= 11 is 0. The average Bonchev–Trinajstić information content (AvgIpc) is 2.89. The second-order valence-electron chi connectivity index (χ2n) is 4.74. The Labute approximate surface area is 97.4 Å². The molecule has 1 aromatic rings. The van der Waals surface area contributed by atoms with Gasteiger partial charge in [-0.25, -0.2) is 0 Å². The molecule has 1 fully saturated rings. The average molecular weight is 222 g/mol. The third-order valence-corrected chi connectivity index (χ3v) is 3.25. The first-order valence-electron chi connectivity index (χ1n) is 6.25. The van der Waals surface area contributed by atoms with Crippen LogP contribution in [-0.2, 0) is 13.1 Å². The van der Waals surface area contributed by atoms with Crippen molar-refractivity contribution in [1.82, 2.24) is 14.7 Å². The van der Waals surface area contributed by atoms with E-state index in [1.54, 1.807) is 0 Å². The van der Waals surface area contributed by atoms with Crippen LogP contribution in [0.15, 0.2) is 12.4 Å². The highest BCUT2D eigenvalue weighted by molar-refractivity contribution is 5.04. The Kier molecular flexibility index (Phi) is 3.96. The lowest BCUT2D eigenvalue weighted by atomic mass is 10.1. The highest BCUT2D eigenvalue weighted by atomic mass is 15.3. The number of hydrogen-bond acceptors (Lipinski definition) is 3. The third-order valence-electron chi connectivity index (χ3n) is 3.25. The lowest BCUT2D eigenvalue weighted by molar-refractivity contribution is 0.318. The van der Waals surface area contributed by atoms with Gasteiger partial charge in [0.2, 0.25) is 0 Å². The van der Waals surface area contributed by atoms with Crippen molar-refractivity contribution in [2.75, 3.05) is 19.6 Å². The number of likely N-dealkylation sites (tertiary alicyclic amines) is 1. The zero-order valence-electron chi connectivity index (χ0n) is 10.1. The summed E-state index contributed by atoms with van der Waals surface area (Å²) in [7, 11) is 0. The van der Waals surface area contributed by atoms with Crippen LogP contribution in [-0.4, -0.2) is 34.3 Å². The molecule has 1 saturated heterocycles. The van der Waals surface area contributed by atoms with Crippen LogP contribution in [0.1, 0.15) is 25.3 Å². The van der Waals surface area contributed by atoms with Gasteiger partial charge in [0.25, 0.3) is 0 Å². The first kappa shape index (κ1) is 11.6. The molecule has 4 nitrogen and oxygen atoms in total. The molecule has 0 saturated carbocycles. The molecule has 0 aromatic carbocycles. The highest BCUT2D eigenvalue weighted by Gasteiger charge is 2.21. The Bertz CT molecular complexity index is 321. The maximum Gasteiger partial charge on any atom is 0.0534 e. The van der Waals surface area contributed by atoms with Crippen LogP contribution >= 0.6 is 0 Å². The number of nitrogens with two attached hydrogens (primary N) is 1. The molecule has 0 aliphatic carbocycles. The predicted molar refractivity (Wildman–Crippen MR) is 65.0 cm³/mol. The van der Waals surface area contributed by atoms with Gasteiger partial charge in [0.15, 0.2) is 0 Å². The van der Waals surface area contributed by atoms with Crippen molar-refractivity contribution >= 4 is 0 Å². The van der Waals surface area contributed by atoms with Gasteiger partial charge in [0.1, 0.15) is 0 Å². The van der Waals surface area contributed by atoms with Crippen LogP contribution < -0.4 is 5.73 Å². The molecule has 0 radical (unpaired) electrons. The van der Waals surface area contributed by atoms with E-state index in [4.69, 9.17) is 5.73 Å². The molecule has 1 aliphatic heterocycles. The second-order valence-corrected chi connectivity index (χ2v) is 4.74. The predicted octanol–water partition coefficient (Wildman–Crippen LogP) is 1.07. The number of aromatic nitrogens is 2. The minimum atomic E-state index is 0.700. The van der Waals surface area contributed by atoms with Crippen molar-refractivity contribution in [2.24, 2.45) is 11.7 Å². The maximum atomic E-state index is 5.69. The van der Waals surface area contributed by atoms with Crippen molar-refractivity contribution < 1.29 is 0 Å². The van der Waals surface area contributed by atoms with E-state index in [9.17, 15) is 0 Å². The Morgan fingerprint density at radius 1 is 1.56 bits per heavy atom. The fourth-order valence-electron chi connectivity index (χ4n) is 2.35. The van der Waals surface area contributed by atoms with E-state index in [0.717, 1.165) is 32.6 Å². The van der Waals surface area contributed by atoms with Gasteiger partial charge in [-0.3, -0.25) is 9.58 Å². The monoisotopic (exact) mass is 222 g/mol. The molecule has 90 valence electrons. The molecule has 16 heavy (non-hydrogen) atoms. The molecule has 1 aromatic heterocycles. The second kappa shape index (κ2) is 5.46. The van der Waals surface area contributed by atoms with Crippen molar-refractivity contribution in [3.05, 3.63) is 18.0 Å². The topological polar surface area (TPSA) is 47.1 Å². The van der Waals surface area contributed by atoms with E-state index >= 15 is 0 Å². The number of rotatable bonds is 5. The molecule has 1 aliphatic rings. The van der Waals surface area contributed by atoms with Crippen LogP contribution in [0.25, 0.3) is 0 Å². The van der Waals surface area contributed by atoms with Gasteiger partial charge >= 0.3 is 0 Å². The molecule has 2 heterocycles. The van der Waals surface area contributed by atoms with E-state index in [1.807, 2.05) is 10.9 Å². The molecular weight excluding hydrogens is 200 g/mol. The summed E-state index contributed by atoms with van der Waals surface area (Å²) in [6, 6.07) is 0. The molecule has 1 unspecified atom stereocenters. The molecular formula is C12H22N4. The number of nitrogens with zero attached hydrogens (tertiary/aromatic N) is 3. The first-order chi connectivity index (χ1) is 7.81. The van der Waals surface area contributed by atoms with E-state index in [-0.39, 0.29) is 0 Å². The molecule has 1 atom stereocenters. The van der Waals surface area contributed by atoms with E-state index < -0.39 is 0 Å². The lowest BCUT2D eigenvalue weighted by Crippen LogP contribution is -2.22. The summed E-state index contributed by atoms with van der Waals surface area (Å²) in [5.41, 5.74) is 7.02. The van der Waals surface area contributed by atoms with Gasteiger partial charge in [0, 0.05) is 31.4 Å². The SMILES string of the molecule is CCCn1cc(CN2CCC(CN)C2)cn1. The van der Waals surface area contributed by atoms with E-state index in [0.29, 0.717) is 5.92 Å². The van der Waals surface area contributed by atoms with Gasteiger partial charge in [-0.15, -0.1) is 0 Å². The maximum absolute atomic E-state index is 5.69. The molecule has 2 N–H and O–H groups in total. The van der Waals surface area contributed by atoms with Gasteiger partial charge in [-0.05, 0) is 31.8 Å². The van der Waals surface area contributed by atoms with Gasteiger partial charge in [0.05, 0.1) is 6.20 Å². The summed E-state index contributed by atoms with van der Waals surface area (Å²) in [5.74, 6) is 0.700. The Morgan fingerprint density at radius 3 is 3.12 bits per heavy atom. The zero-order chi connectivity index (χ0) is 11.4. The normalized spacial score (nSPS) is 21.8. The lowest BCUT2D eigenvalue weighted by Gasteiger charge is -2.13. The van der Waals surface area contributed by atoms with Crippen molar-refractivity contribution in [2.45, 2.75) is 32.9 Å². The Hall–Kier alpha value is -0.870. The van der Waals surface area contributed by atoms with Gasteiger partial charge in [-0.2, -0.15) is 5.10 Å². The minimum absolute atomic E-state index is 0.700. The number of aryl methyl sites for hydroxylation is 1. The van der Waals surface area contributed by atoms with Gasteiger partial charge < -0.3 is 5.73 Å². The summed E-state index contributed by atoms with van der Waals surface area (Å²) in [5, 5.41) is 4.35. The largest absolute Gasteiger partial charge is 0.330 e. The van der Waals surface area contributed by atoms with E-state index in [2.05, 4.69) is 23.1 Å². The quantitative estimate of drug-likeness (QED) is 0.811. The minimum Gasteiger partial charge on any atom is -0.330 e. The molecule has 0 bridgehead atoms. The Balaban J connectivity index is 1.84. The van der Waals surface area contributed by atoms with E-state index in [1.165, 1.54) is 18.5 Å². The molecule has 2 rings (SSSR count). The molecule has 0 amide bonds. The number of hydrogen-bond donors (Lipinski definition) is 1. The highest BCUT2D eigenvalue weighted by Crippen LogP contribution is 2.17. The van der Waals surface area contributed by atoms with Crippen molar-refractivity contribution in [3.63, 3.8) is 0 Å². The van der Waals surface area contributed by atoms with Crippen molar-refractivity contribution in [1.29, 1.82) is 0 Å². The third kappa shape index (κ3) is 2.83. The summed E-state index contributed by atoms with van der Waals surface area (Å²) in [6.45, 7) is 7.38. The van der Waals surface area contributed by atoms with Crippen LogP contribution in [0, 0.1) is 5.92 Å². The molecule has 4 heteroatoms. The van der Waals surface area contributed by atoms with Crippen LogP contribution in [0.4, 0.5) is 0 Å². The molecule has 0 spiro atoms. The van der Waals surface area contributed by atoms with Gasteiger partial charge in [-0.1, -0.05) is 6.92 Å². The summed E-state index contributed by atoms with van der Waals surface area (Å²) in [6.07, 6.45) is 6.55. The van der Waals surface area contributed by atoms with Crippen LogP contribution in [0.5, 0.6) is 0 Å².